The summed E-state index contributed by atoms with van der Waals surface area (Å²) in [7, 11) is 0. The molecule has 1 fully saturated rings. The van der Waals surface area contributed by atoms with Gasteiger partial charge in [0.25, 0.3) is 11.6 Å². The second kappa shape index (κ2) is 7.53. The molecule has 0 saturated carbocycles. The van der Waals surface area contributed by atoms with Gasteiger partial charge < -0.3 is 4.90 Å². The zero-order valence-corrected chi connectivity index (χ0v) is 14.6. The Morgan fingerprint density at radius 3 is 2.54 bits per heavy atom. The van der Waals surface area contributed by atoms with Crippen molar-refractivity contribution < 1.29 is 14.5 Å². The van der Waals surface area contributed by atoms with Crippen LogP contribution in [0.4, 0.5) is 11.4 Å². The van der Waals surface area contributed by atoms with Crippen LogP contribution in [-0.2, 0) is 4.79 Å². The Balaban J connectivity index is 1.92. The van der Waals surface area contributed by atoms with Crippen molar-refractivity contribution in [2.24, 2.45) is 0 Å². The molecule has 7 nitrogen and oxygen atoms in total. The number of nitro benzene ring substituents is 1. The van der Waals surface area contributed by atoms with Crippen molar-refractivity contribution in [3.63, 3.8) is 0 Å². The smallest absolute Gasteiger partial charge is 0.269 e. The van der Waals surface area contributed by atoms with E-state index in [0.29, 0.717) is 29.2 Å². The standard InChI is InChI=1S/C18H16ClN3O4/c19-14-3-1-4-16(11-14)21(12-20-10-2-5-17(20)23)18(24)13-6-8-15(9-7-13)22(25)26/h1,3-4,6-9,11H,2,5,10,12H2. The van der Waals surface area contributed by atoms with Gasteiger partial charge >= 0.3 is 0 Å². The summed E-state index contributed by atoms with van der Waals surface area (Å²) in [4.78, 5) is 38.3. The van der Waals surface area contributed by atoms with Crippen LogP contribution in [0.3, 0.4) is 0 Å². The van der Waals surface area contributed by atoms with E-state index in [0.717, 1.165) is 6.42 Å². The average Bonchev–Trinajstić information content (AvgIpc) is 3.04. The van der Waals surface area contributed by atoms with Crippen LogP contribution in [-0.4, -0.2) is 34.9 Å². The number of rotatable bonds is 5. The van der Waals surface area contributed by atoms with Crippen LogP contribution < -0.4 is 4.90 Å². The predicted molar refractivity (Wildman–Crippen MR) is 97.2 cm³/mol. The molecule has 1 heterocycles. The number of non-ortho nitro benzene ring substituents is 1. The van der Waals surface area contributed by atoms with Gasteiger partial charge in [-0.3, -0.25) is 24.6 Å². The third kappa shape index (κ3) is 3.83. The number of amides is 2. The summed E-state index contributed by atoms with van der Waals surface area (Å²) in [5.41, 5.74) is 0.758. The molecule has 1 aliphatic heterocycles. The molecule has 26 heavy (non-hydrogen) atoms. The van der Waals surface area contributed by atoms with Gasteiger partial charge in [-0.15, -0.1) is 0 Å². The zero-order valence-electron chi connectivity index (χ0n) is 13.8. The van der Waals surface area contributed by atoms with Gasteiger partial charge in [-0.2, -0.15) is 0 Å². The summed E-state index contributed by atoms with van der Waals surface area (Å²) >= 11 is 6.05. The number of carbonyl (C=O) groups excluding carboxylic acids is 2. The second-order valence-electron chi connectivity index (χ2n) is 5.92. The van der Waals surface area contributed by atoms with E-state index in [-0.39, 0.29) is 24.2 Å². The highest BCUT2D eigenvalue weighted by Gasteiger charge is 2.26. The topological polar surface area (TPSA) is 83.8 Å². The number of likely N-dealkylation sites (tertiary alicyclic amines) is 1. The van der Waals surface area contributed by atoms with Crippen molar-refractivity contribution in [3.05, 3.63) is 69.2 Å². The molecule has 0 spiro atoms. The summed E-state index contributed by atoms with van der Waals surface area (Å²) in [5.74, 6) is -0.365. The van der Waals surface area contributed by atoms with Crippen LogP contribution in [0, 0.1) is 10.1 Å². The molecule has 8 heteroatoms. The highest BCUT2D eigenvalue weighted by atomic mass is 35.5. The third-order valence-corrected chi connectivity index (χ3v) is 4.41. The van der Waals surface area contributed by atoms with Crippen molar-refractivity contribution in [2.45, 2.75) is 12.8 Å². The van der Waals surface area contributed by atoms with Gasteiger partial charge in [0.1, 0.15) is 6.67 Å². The molecule has 1 aliphatic rings. The maximum atomic E-state index is 13.0. The lowest BCUT2D eigenvalue weighted by Crippen LogP contribution is -2.42. The van der Waals surface area contributed by atoms with E-state index in [1.165, 1.54) is 29.2 Å². The van der Waals surface area contributed by atoms with Gasteiger partial charge in [-0.1, -0.05) is 17.7 Å². The van der Waals surface area contributed by atoms with Crippen molar-refractivity contribution in [2.75, 3.05) is 18.1 Å². The molecule has 0 aromatic heterocycles. The molecular weight excluding hydrogens is 358 g/mol. The Bertz CT molecular complexity index is 854. The molecule has 2 amide bonds. The summed E-state index contributed by atoms with van der Waals surface area (Å²) < 4.78 is 0. The SMILES string of the molecule is O=C1CCCN1CN(C(=O)c1ccc([N+](=O)[O-])cc1)c1cccc(Cl)c1. The van der Waals surface area contributed by atoms with Crippen molar-refractivity contribution in [1.29, 1.82) is 0 Å². The zero-order chi connectivity index (χ0) is 18.7. The van der Waals surface area contributed by atoms with E-state index in [2.05, 4.69) is 0 Å². The molecule has 134 valence electrons. The van der Waals surface area contributed by atoms with Crippen LogP contribution in [0.25, 0.3) is 0 Å². The van der Waals surface area contributed by atoms with Crippen molar-refractivity contribution >= 4 is 34.8 Å². The highest BCUT2D eigenvalue weighted by Crippen LogP contribution is 2.24. The molecule has 2 aromatic carbocycles. The van der Waals surface area contributed by atoms with Crippen LogP contribution in [0.1, 0.15) is 23.2 Å². The second-order valence-corrected chi connectivity index (χ2v) is 6.36. The Hall–Kier alpha value is -2.93. The Labute approximate surface area is 154 Å². The number of nitrogens with zero attached hydrogens (tertiary/aromatic N) is 3. The minimum atomic E-state index is -0.522. The van der Waals surface area contributed by atoms with Crippen LogP contribution in [0.2, 0.25) is 5.02 Å². The fourth-order valence-corrected chi connectivity index (χ4v) is 3.00. The number of nitro groups is 1. The van der Waals surface area contributed by atoms with Gasteiger partial charge in [-0.05, 0) is 36.8 Å². The molecule has 3 rings (SSSR count). The Morgan fingerprint density at radius 2 is 1.96 bits per heavy atom. The quantitative estimate of drug-likeness (QED) is 0.593. The normalized spacial score (nSPS) is 13.7. The number of anilines is 1. The summed E-state index contributed by atoms with van der Waals surface area (Å²) in [6.45, 7) is 0.693. The molecule has 0 N–H and O–H groups in total. The molecule has 0 atom stereocenters. The largest absolute Gasteiger partial charge is 0.324 e. The number of benzene rings is 2. The molecule has 2 aromatic rings. The van der Waals surface area contributed by atoms with Crippen LogP contribution in [0.5, 0.6) is 0 Å². The molecule has 0 unspecified atom stereocenters. The molecule has 0 bridgehead atoms. The summed E-state index contributed by atoms with van der Waals surface area (Å²) in [6, 6.07) is 12.2. The number of halogens is 1. The first-order chi connectivity index (χ1) is 12.5. The van der Waals surface area contributed by atoms with Gasteiger partial charge in [0.2, 0.25) is 5.91 Å². The number of hydrogen-bond donors (Lipinski definition) is 0. The maximum Gasteiger partial charge on any atom is 0.269 e. The Morgan fingerprint density at radius 1 is 1.23 bits per heavy atom. The monoisotopic (exact) mass is 373 g/mol. The first-order valence-corrected chi connectivity index (χ1v) is 8.43. The fraction of sp³-hybridized carbons (Fsp3) is 0.222. The lowest BCUT2D eigenvalue weighted by atomic mass is 10.1. The summed E-state index contributed by atoms with van der Waals surface area (Å²) in [5, 5.41) is 11.3. The summed E-state index contributed by atoms with van der Waals surface area (Å²) in [6.07, 6.45) is 1.23. The van der Waals surface area contributed by atoms with Gasteiger partial charge in [0, 0.05) is 41.4 Å². The van der Waals surface area contributed by atoms with Crippen molar-refractivity contribution in [3.8, 4) is 0 Å². The lowest BCUT2D eigenvalue weighted by Gasteiger charge is -2.28. The van der Waals surface area contributed by atoms with Crippen LogP contribution >= 0.6 is 11.6 Å². The van der Waals surface area contributed by atoms with Gasteiger partial charge in [0.15, 0.2) is 0 Å². The predicted octanol–water partition coefficient (Wildman–Crippen LogP) is 3.47. The number of hydrogen-bond acceptors (Lipinski definition) is 4. The van der Waals surface area contributed by atoms with E-state index in [4.69, 9.17) is 11.6 Å². The first kappa shape index (κ1) is 17.9. The van der Waals surface area contributed by atoms with E-state index in [9.17, 15) is 19.7 Å². The van der Waals surface area contributed by atoms with Gasteiger partial charge in [0.05, 0.1) is 4.92 Å². The molecule has 0 aliphatic carbocycles. The van der Waals surface area contributed by atoms with Gasteiger partial charge in [-0.25, -0.2) is 0 Å². The fourth-order valence-electron chi connectivity index (χ4n) is 2.81. The third-order valence-electron chi connectivity index (χ3n) is 4.17. The average molecular weight is 374 g/mol. The molecule has 0 radical (unpaired) electrons. The minimum absolute atomic E-state index is 0.00599. The maximum absolute atomic E-state index is 13.0. The van der Waals surface area contributed by atoms with Crippen LogP contribution in [0.15, 0.2) is 48.5 Å². The highest BCUT2D eigenvalue weighted by molar-refractivity contribution is 6.31. The van der Waals surface area contributed by atoms with E-state index < -0.39 is 4.92 Å². The van der Waals surface area contributed by atoms with Crippen molar-refractivity contribution in [1.82, 2.24) is 4.90 Å². The first-order valence-electron chi connectivity index (χ1n) is 8.05. The minimum Gasteiger partial charge on any atom is -0.324 e. The van der Waals surface area contributed by atoms with E-state index in [1.807, 2.05) is 0 Å². The van der Waals surface area contributed by atoms with E-state index in [1.54, 1.807) is 29.2 Å². The number of carbonyl (C=O) groups is 2. The lowest BCUT2D eigenvalue weighted by molar-refractivity contribution is -0.384. The van der Waals surface area contributed by atoms with E-state index >= 15 is 0 Å². The molecule has 1 saturated heterocycles. The molecular formula is C18H16ClN3O4. The Kier molecular flexibility index (Phi) is 5.18.